The summed E-state index contributed by atoms with van der Waals surface area (Å²) in [7, 11) is 1.84. The molecule has 0 aromatic carbocycles. The van der Waals surface area contributed by atoms with Gasteiger partial charge in [-0.1, -0.05) is 0 Å². The van der Waals surface area contributed by atoms with Gasteiger partial charge in [0.2, 0.25) is 0 Å². The SMILES string of the molecule is CCn1cc(C(=O)N2CCC[C@@H]2c2cc(NC)nc(C)n2)c(C)n1. The Kier molecular flexibility index (Phi) is 4.51. The lowest BCUT2D eigenvalue weighted by atomic mass is 10.1. The van der Waals surface area contributed by atoms with Gasteiger partial charge >= 0.3 is 0 Å². The number of hydrogen-bond donors (Lipinski definition) is 1. The highest BCUT2D eigenvalue weighted by Crippen LogP contribution is 2.33. The van der Waals surface area contributed by atoms with E-state index >= 15 is 0 Å². The second kappa shape index (κ2) is 6.59. The van der Waals surface area contributed by atoms with Gasteiger partial charge in [0.25, 0.3) is 5.91 Å². The smallest absolute Gasteiger partial charge is 0.257 e. The van der Waals surface area contributed by atoms with Gasteiger partial charge in [-0.05, 0) is 33.6 Å². The van der Waals surface area contributed by atoms with Crippen molar-refractivity contribution in [3.8, 4) is 0 Å². The molecule has 2 aromatic rings. The zero-order chi connectivity index (χ0) is 17.3. The van der Waals surface area contributed by atoms with Crippen LogP contribution >= 0.6 is 0 Å². The van der Waals surface area contributed by atoms with Gasteiger partial charge < -0.3 is 10.2 Å². The van der Waals surface area contributed by atoms with E-state index in [1.807, 2.05) is 49.7 Å². The Morgan fingerprint density at radius 1 is 1.38 bits per heavy atom. The molecule has 0 unspecified atom stereocenters. The summed E-state index contributed by atoms with van der Waals surface area (Å²) in [6, 6.07) is 1.93. The summed E-state index contributed by atoms with van der Waals surface area (Å²) < 4.78 is 1.81. The molecule has 2 aromatic heterocycles. The first-order valence-corrected chi connectivity index (χ1v) is 8.41. The summed E-state index contributed by atoms with van der Waals surface area (Å²) in [5.74, 6) is 1.54. The molecule has 1 saturated heterocycles. The molecule has 1 N–H and O–H groups in total. The summed E-state index contributed by atoms with van der Waals surface area (Å²) in [6.45, 7) is 7.29. The number of rotatable bonds is 4. The van der Waals surface area contributed by atoms with Gasteiger partial charge in [-0.15, -0.1) is 0 Å². The van der Waals surface area contributed by atoms with Crippen LogP contribution in [0.4, 0.5) is 5.82 Å². The fraction of sp³-hybridized carbons (Fsp3) is 0.529. The van der Waals surface area contributed by atoms with E-state index in [9.17, 15) is 4.79 Å². The van der Waals surface area contributed by atoms with E-state index in [2.05, 4.69) is 20.4 Å². The normalized spacial score (nSPS) is 17.3. The van der Waals surface area contributed by atoms with Gasteiger partial charge in [0, 0.05) is 32.4 Å². The predicted molar refractivity (Wildman–Crippen MR) is 92.0 cm³/mol. The van der Waals surface area contributed by atoms with Crippen molar-refractivity contribution < 1.29 is 4.79 Å². The van der Waals surface area contributed by atoms with Gasteiger partial charge in [0.1, 0.15) is 11.6 Å². The Bertz CT molecular complexity index is 754. The van der Waals surface area contributed by atoms with Crippen LogP contribution in [0.15, 0.2) is 12.3 Å². The molecule has 3 heterocycles. The minimum atomic E-state index is -0.00400. The van der Waals surface area contributed by atoms with E-state index in [0.717, 1.165) is 43.1 Å². The Morgan fingerprint density at radius 2 is 2.17 bits per heavy atom. The zero-order valence-corrected chi connectivity index (χ0v) is 14.7. The van der Waals surface area contributed by atoms with Crippen molar-refractivity contribution >= 4 is 11.7 Å². The van der Waals surface area contributed by atoms with Crippen LogP contribution in [0.3, 0.4) is 0 Å². The van der Waals surface area contributed by atoms with E-state index < -0.39 is 0 Å². The molecule has 0 spiro atoms. The lowest BCUT2D eigenvalue weighted by molar-refractivity contribution is 0.0732. The number of nitrogens with one attached hydrogen (secondary N) is 1. The Morgan fingerprint density at radius 3 is 2.83 bits per heavy atom. The average molecular weight is 328 g/mol. The zero-order valence-electron chi connectivity index (χ0n) is 14.7. The molecule has 7 heteroatoms. The van der Waals surface area contributed by atoms with E-state index in [0.29, 0.717) is 11.4 Å². The van der Waals surface area contributed by atoms with Crippen molar-refractivity contribution in [1.82, 2.24) is 24.6 Å². The number of nitrogens with zero attached hydrogens (tertiary/aromatic N) is 5. The molecule has 3 rings (SSSR count). The number of carbonyl (C=O) groups is 1. The van der Waals surface area contributed by atoms with Crippen LogP contribution in [0.2, 0.25) is 0 Å². The van der Waals surface area contributed by atoms with E-state index in [1.54, 1.807) is 0 Å². The molecule has 0 saturated carbocycles. The topological polar surface area (TPSA) is 75.9 Å². The third kappa shape index (κ3) is 2.98. The molecule has 128 valence electrons. The number of amides is 1. The molecule has 0 radical (unpaired) electrons. The van der Waals surface area contributed by atoms with Gasteiger partial charge in [-0.2, -0.15) is 5.10 Å². The summed E-state index contributed by atoms with van der Waals surface area (Å²) in [6.07, 6.45) is 3.75. The summed E-state index contributed by atoms with van der Waals surface area (Å²) in [5.41, 5.74) is 2.36. The molecule has 1 aliphatic heterocycles. The van der Waals surface area contributed by atoms with Crippen LogP contribution in [0, 0.1) is 13.8 Å². The maximum absolute atomic E-state index is 13.0. The molecule has 1 atom stereocenters. The fourth-order valence-electron chi connectivity index (χ4n) is 3.25. The van der Waals surface area contributed by atoms with Crippen molar-refractivity contribution in [3.63, 3.8) is 0 Å². The third-order valence-electron chi connectivity index (χ3n) is 4.47. The minimum absolute atomic E-state index is 0.00400. The monoisotopic (exact) mass is 328 g/mol. The molecule has 0 bridgehead atoms. The molecular formula is C17H24N6O. The number of hydrogen-bond acceptors (Lipinski definition) is 5. The molecule has 1 aliphatic rings. The highest BCUT2D eigenvalue weighted by atomic mass is 16.2. The molecule has 1 fully saturated rings. The number of anilines is 1. The maximum atomic E-state index is 13.0. The van der Waals surface area contributed by atoms with Crippen molar-refractivity contribution in [1.29, 1.82) is 0 Å². The van der Waals surface area contributed by atoms with Crippen molar-refractivity contribution in [2.75, 3.05) is 18.9 Å². The first-order valence-electron chi connectivity index (χ1n) is 8.41. The molecule has 1 amide bonds. The maximum Gasteiger partial charge on any atom is 0.257 e. The number of carbonyl (C=O) groups excluding carboxylic acids is 1. The van der Waals surface area contributed by atoms with E-state index in [4.69, 9.17) is 0 Å². The Hall–Kier alpha value is -2.44. The summed E-state index contributed by atoms with van der Waals surface area (Å²) in [5, 5.41) is 7.45. The third-order valence-corrected chi connectivity index (χ3v) is 4.47. The summed E-state index contributed by atoms with van der Waals surface area (Å²) in [4.78, 5) is 23.9. The van der Waals surface area contributed by atoms with Gasteiger partial charge in [-0.25, -0.2) is 9.97 Å². The average Bonchev–Trinajstić information content (AvgIpc) is 3.20. The number of aromatic nitrogens is 4. The number of likely N-dealkylation sites (tertiary alicyclic amines) is 1. The Labute approximate surface area is 142 Å². The molecule has 0 aliphatic carbocycles. The first kappa shape index (κ1) is 16.4. The van der Waals surface area contributed by atoms with Gasteiger partial charge in [0.15, 0.2) is 0 Å². The highest BCUT2D eigenvalue weighted by molar-refractivity contribution is 5.95. The predicted octanol–water partition coefficient (Wildman–Crippen LogP) is 2.33. The highest BCUT2D eigenvalue weighted by Gasteiger charge is 2.33. The van der Waals surface area contributed by atoms with E-state index in [-0.39, 0.29) is 11.9 Å². The quantitative estimate of drug-likeness (QED) is 0.932. The van der Waals surface area contributed by atoms with Crippen LogP contribution in [0.5, 0.6) is 0 Å². The van der Waals surface area contributed by atoms with Crippen LogP contribution in [0.25, 0.3) is 0 Å². The van der Waals surface area contributed by atoms with Crippen LogP contribution in [0.1, 0.15) is 53.4 Å². The number of aryl methyl sites for hydroxylation is 3. The first-order chi connectivity index (χ1) is 11.5. The molecule has 7 nitrogen and oxygen atoms in total. The molecular weight excluding hydrogens is 304 g/mol. The van der Waals surface area contributed by atoms with Crippen molar-refractivity contribution in [2.45, 2.75) is 46.2 Å². The lowest BCUT2D eigenvalue weighted by Gasteiger charge is -2.24. The fourth-order valence-corrected chi connectivity index (χ4v) is 3.25. The van der Waals surface area contributed by atoms with E-state index in [1.165, 1.54) is 0 Å². The minimum Gasteiger partial charge on any atom is -0.373 e. The van der Waals surface area contributed by atoms with Crippen LogP contribution in [-0.2, 0) is 6.54 Å². The summed E-state index contributed by atoms with van der Waals surface area (Å²) >= 11 is 0. The molecule has 24 heavy (non-hydrogen) atoms. The largest absolute Gasteiger partial charge is 0.373 e. The van der Waals surface area contributed by atoms with Crippen LogP contribution in [-0.4, -0.2) is 44.1 Å². The van der Waals surface area contributed by atoms with Gasteiger partial charge in [-0.3, -0.25) is 9.48 Å². The second-order valence-electron chi connectivity index (χ2n) is 6.12. The Balaban J connectivity index is 1.91. The van der Waals surface area contributed by atoms with Crippen molar-refractivity contribution in [3.05, 3.63) is 35.0 Å². The lowest BCUT2D eigenvalue weighted by Crippen LogP contribution is -2.31. The second-order valence-corrected chi connectivity index (χ2v) is 6.12. The van der Waals surface area contributed by atoms with Crippen molar-refractivity contribution in [2.24, 2.45) is 0 Å². The van der Waals surface area contributed by atoms with Gasteiger partial charge in [0.05, 0.1) is 23.0 Å². The standard InChI is InChI=1S/C17H24N6O/c1-5-22-10-13(11(2)21-22)17(24)23-8-6-7-15(23)14-9-16(18-4)20-12(3)19-14/h9-10,15H,5-8H2,1-4H3,(H,18,19,20)/t15-/m1/s1. The van der Waals surface area contributed by atoms with Crippen LogP contribution < -0.4 is 5.32 Å².